The highest BCUT2D eigenvalue weighted by molar-refractivity contribution is 5.87. The molecule has 0 saturated heterocycles. The fourth-order valence-electron chi connectivity index (χ4n) is 2.36. The smallest absolute Gasteiger partial charge is 0.335 e. The van der Waals surface area contributed by atoms with Crippen molar-refractivity contribution in [1.29, 1.82) is 0 Å². The summed E-state index contributed by atoms with van der Waals surface area (Å²) in [6.07, 6.45) is 0.915. The van der Waals surface area contributed by atoms with Gasteiger partial charge in [0.25, 0.3) is 0 Å². The summed E-state index contributed by atoms with van der Waals surface area (Å²) >= 11 is 0. The van der Waals surface area contributed by atoms with Crippen LogP contribution in [0.1, 0.15) is 27.9 Å². The van der Waals surface area contributed by atoms with E-state index in [1.54, 1.807) is 19.2 Å². The predicted octanol–water partition coefficient (Wildman–Crippen LogP) is 1.75. The fraction of sp³-hybridized carbons (Fsp3) is 0.533. The molecule has 1 aromatic carbocycles. The van der Waals surface area contributed by atoms with E-state index in [9.17, 15) is 4.79 Å². The van der Waals surface area contributed by atoms with E-state index in [1.807, 2.05) is 6.07 Å². The molecule has 0 radical (unpaired) electrons. The molecular weight excluding hydrogens is 258 g/mol. The van der Waals surface area contributed by atoms with Crippen molar-refractivity contribution < 1.29 is 19.4 Å². The van der Waals surface area contributed by atoms with Crippen LogP contribution >= 0.6 is 0 Å². The second-order valence-corrected chi connectivity index (χ2v) is 4.96. The summed E-state index contributed by atoms with van der Waals surface area (Å²) in [6, 6.07) is 5.36. The van der Waals surface area contributed by atoms with Gasteiger partial charge in [0.05, 0.1) is 12.2 Å². The van der Waals surface area contributed by atoms with Gasteiger partial charge in [0.15, 0.2) is 0 Å². The molecule has 1 aliphatic heterocycles. The van der Waals surface area contributed by atoms with Crippen LogP contribution in [-0.2, 0) is 22.6 Å². The molecule has 0 unspecified atom stereocenters. The minimum Gasteiger partial charge on any atom is -0.478 e. The first-order valence-electron chi connectivity index (χ1n) is 6.85. The van der Waals surface area contributed by atoms with Crippen LogP contribution < -0.4 is 0 Å². The van der Waals surface area contributed by atoms with Crippen LogP contribution in [0.2, 0.25) is 0 Å². The first kappa shape index (κ1) is 15.0. The summed E-state index contributed by atoms with van der Waals surface area (Å²) < 4.78 is 10.5. The van der Waals surface area contributed by atoms with E-state index < -0.39 is 5.97 Å². The molecule has 0 aromatic heterocycles. The number of carbonyl (C=O) groups is 1. The maximum Gasteiger partial charge on any atom is 0.335 e. The Bertz CT molecular complexity index is 461. The summed E-state index contributed by atoms with van der Waals surface area (Å²) in [6.45, 7) is 4.69. The topological polar surface area (TPSA) is 59.0 Å². The average molecular weight is 279 g/mol. The number of nitrogens with zero attached hydrogens (tertiary/aromatic N) is 1. The molecule has 2 rings (SSSR count). The lowest BCUT2D eigenvalue weighted by Gasteiger charge is -2.14. The summed E-state index contributed by atoms with van der Waals surface area (Å²) in [5, 5.41) is 8.98. The highest BCUT2D eigenvalue weighted by atomic mass is 16.5. The molecule has 0 amide bonds. The molecule has 110 valence electrons. The quantitative estimate of drug-likeness (QED) is 0.735. The Hall–Kier alpha value is -1.43. The van der Waals surface area contributed by atoms with E-state index in [-0.39, 0.29) is 0 Å². The zero-order chi connectivity index (χ0) is 14.4. The van der Waals surface area contributed by atoms with Crippen molar-refractivity contribution in [2.75, 3.05) is 33.5 Å². The molecule has 0 bridgehead atoms. The van der Waals surface area contributed by atoms with Crippen molar-refractivity contribution in [3.05, 3.63) is 34.9 Å². The van der Waals surface area contributed by atoms with Crippen molar-refractivity contribution in [3.63, 3.8) is 0 Å². The molecule has 0 aliphatic carbocycles. The largest absolute Gasteiger partial charge is 0.478 e. The Morgan fingerprint density at radius 1 is 1.25 bits per heavy atom. The van der Waals surface area contributed by atoms with Gasteiger partial charge >= 0.3 is 5.97 Å². The van der Waals surface area contributed by atoms with Gasteiger partial charge in [-0.05, 0) is 29.7 Å². The fourth-order valence-corrected chi connectivity index (χ4v) is 2.36. The van der Waals surface area contributed by atoms with E-state index in [4.69, 9.17) is 14.6 Å². The van der Waals surface area contributed by atoms with Gasteiger partial charge in [0.2, 0.25) is 0 Å². The molecule has 0 spiro atoms. The van der Waals surface area contributed by atoms with Crippen LogP contribution in [-0.4, -0.2) is 49.5 Å². The van der Waals surface area contributed by atoms with Crippen LogP contribution in [0.4, 0.5) is 0 Å². The second-order valence-electron chi connectivity index (χ2n) is 4.96. The van der Waals surface area contributed by atoms with Gasteiger partial charge in [-0.3, -0.25) is 4.90 Å². The number of ether oxygens (including phenoxy) is 2. The van der Waals surface area contributed by atoms with E-state index in [2.05, 4.69) is 4.90 Å². The van der Waals surface area contributed by atoms with Crippen LogP contribution in [0.3, 0.4) is 0 Å². The van der Waals surface area contributed by atoms with Crippen molar-refractivity contribution >= 4 is 5.97 Å². The first-order chi connectivity index (χ1) is 9.70. The van der Waals surface area contributed by atoms with Crippen molar-refractivity contribution in [3.8, 4) is 0 Å². The van der Waals surface area contributed by atoms with Crippen LogP contribution in [0.5, 0.6) is 0 Å². The predicted molar refractivity (Wildman–Crippen MR) is 74.8 cm³/mol. The lowest BCUT2D eigenvalue weighted by Crippen LogP contribution is -2.22. The zero-order valence-corrected chi connectivity index (χ0v) is 11.8. The minimum atomic E-state index is -0.868. The number of carboxylic acid groups (broad SMARTS) is 1. The second kappa shape index (κ2) is 7.38. The summed E-state index contributed by atoms with van der Waals surface area (Å²) in [4.78, 5) is 13.2. The third kappa shape index (κ3) is 4.03. The number of rotatable bonds is 8. The zero-order valence-electron chi connectivity index (χ0n) is 11.8. The monoisotopic (exact) mass is 279 g/mol. The number of benzene rings is 1. The number of hydrogen-bond donors (Lipinski definition) is 1. The number of hydrogen-bond acceptors (Lipinski definition) is 4. The lowest BCUT2D eigenvalue weighted by atomic mass is 10.1. The van der Waals surface area contributed by atoms with Gasteiger partial charge in [-0.1, -0.05) is 6.07 Å². The van der Waals surface area contributed by atoms with Gasteiger partial charge in [-0.2, -0.15) is 0 Å². The number of carboxylic acids is 1. The van der Waals surface area contributed by atoms with Gasteiger partial charge < -0.3 is 14.6 Å². The standard InChI is InChI=1S/C15H21NO4/c1-19-6-2-7-20-8-5-16-10-13-4-3-12(15(17)18)9-14(13)11-16/h3-4,9H,2,5-8,10-11H2,1H3,(H,17,18). The minimum absolute atomic E-state index is 0.362. The molecule has 5 heteroatoms. The molecule has 1 aliphatic rings. The van der Waals surface area contributed by atoms with E-state index in [1.165, 1.54) is 5.56 Å². The van der Waals surface area contributed by atoms with Crippen molar-refractivity contribution in [1.82, 2.24) is 4.90 Å². The van der Waals surface area contributed by atoms with E-state index in [0.717, 1.165) is 44.8 Å². The highest BCUT2D eigenvalue weighted by Gasteiger charge is 2.19. The molecule has 1 aromatic rings. The van der Waals surface area contributed by atoms with E-state index >= 15 is 0 Å². The third-order valence-corrected chi connectivity index (χ3v) is 3.43. The molecule has 1 N–H and O–H groups in total. The summed E-state index contributed by atoms with van der Waals surface area (Å²) in [7, 11) is 1.69. The SMILES string of the molecule is COCCCOCCN1Cc2ccc(C(=O)O)cc2C1. The summed E-state index contributed by atoms with van der Waals surface area (Å²) in [5.41, 5.74) is 2.69. The Labute approximate surface area is 119 Å². The molecular formula is C15H21NO4. The van der Waals surface area contributed by atoms with Crippen LogP contribution in [0.25, 0.3) is 0 Å². The van der Waals surface area contributed by atoms with Crippen LogP contribution in [0.15, 0.2) is 18.2 Å². The normalized spacial score (nSPS) is 14.4. The maximum atomic E-state index is 10.9. The Kier molecular flexibility index (Phi) is 5.52. The molecule has 0 saturated carbocycles. The van der Waals surface area contributed by atoms with Crippen LogP contribution in [0, 0.1) is 0 Å². The third-order valence-electron chi connectivity index (χ3n) is 3.43. The molecule has 0 fully saturated rings. The number of methoxy groups -OCH3 is 1. The molecule has 0 atom stereocenters. The first-order valence-corrected chi connectivity index (χ1v) is 6.85. The van der Waals surface area contributed by atoms with Crippen molar-refractivity contribution in [2.24, 2.45) is 0 Å². The van der Waals surface area contributed by atoms with Crippen molar-refractivity contribution in [2.45, 2.75) is 19.5 Å². The number of fused-ring (bicyclic) bond motifs is 1. The Morgan fingerprint density at radius 2 is 2.05 bits per heavy atom. The Balaban J connectivity index is 1.74. The molecule has 20 heavy (non-hydrogen) atoms. The number of aromatic carboxylic acids is 1. The van der Waals surface area contributed by atoms with Gasteiger partial charge in [-0.25, -0.2) is 4.79 Å². The molecule has 1 heterocycles. The molecule has 5 nitrogen and oxygen atoms in total. The summed E-state index contributed by atoms with van der Waals surface area (Å²) in [5.74, 6) is -0.868. The Morgan fingerprint density at radius 3 is 2.80 bits per heavy atom. The van der Waals surface area contributed by atoms with Gasteiger partial charge in [0, 0.05) is 40.0 Å². The van der Waals surface area contributed by atoms with Gasteiger partial charge in [-0.15, -0.1) is 0 Å². The van der Waals surface area contributed by atoms with E-state index in [0.29, 0.717) is 12.2 Å². The average Bonchev–Trinajstić information content (AvgIpc) is 2.84. The maximum absolute atomic E-state index is 10.9. The van der Waals surface area contributed by atoms with Gasteiger partial charge in [0.1, 0.15) is 0 Å². The lowest BCUT2D eigenvalue weighted by molar-refractivity contribution is 0.0696. The highest BCUT2D eigenvalue weighted by Crippen LogP contribution is 2.23.